The van der Waals surface area contributed by atoms with Gasteiger partial charge in [-0.3, -0.25) is 14.6 Å². The summed E-state index contributed by atoms with van der Waals surface area (Å²) < 4.78 is 26.9. The third-order valence-electron chi connectivity index (χ3n) is 4.52. The molecule has 28 heavy (non-hydrogen) atoms. The minimum atomic E-state index is -4.93. The summed E-state index contributed by atoms with van der Waals surface area (Å²) in [6.45, 7) is 3.56. The molecular weight excluding hydrogens is 389 g/mol. The number of phosphoric ester groups is 1. The van der Waals surface area contributed by atoms with Crippen molar-refractivity contribution >= 4 is 19.7 Å². The van der Waals surface area contributed by atoms with E-state index in [0.717, 1.165) is 5.57 Å². The zero-order chi connectivity index (χ0) is 21.1. The first kappa shape index (κ1) is 21.9. The lowest BCUT2D eigenvalue weighted by molar-refractivity contribution is -0.120. The van der Waals surface area contributed by atoms with Gasteiger partial charge in [0.2, 0.25) is 5.91 Å². The Morgan fingerprint density at radius 2 is 2.00 bits per heavy atom. The Kier molecular flexibility index (Phi) is 6.87. The van der Waals surface area contributed by atoms with Gasteiger partial charge in [-0.25, -0.2) is 9.36 Å². The minimum absolute atomic E-state index is 0.00744. The van der Waals surface area contributed by atoms with Gasteiger partial charge in [-0.15, -0.1) is 0 Å². The number of rotatable bonds is 8. The van der Waals surface area contributed by atoms with Crippen molar-refractivity contribution in [1.82, 2.24) is 5.32 Å². The van der Waals surface area contributed by atoms with Gasteiger partial charge in [0.15, 0.2) is 5.75 Å². The molecule has 0 radical (unpaired) electrons. The molecule has 1 aromatic carbocycles. The number of carbonyl (C=O) groups excluding carboxylic acids is 2. The van der Waals surface area contributed by atoms with E-state index in [0.29, 0.717) is 35.3 Å². The molecule has 1 aromatic rings. The third-order valence-corrected chi connectivity index (χ3v) is 4.94. The van der Waals surface area contributed by atoms with Crippen LogP contribution in [-0.2, 0) is 27.1 Å². The molecule has 3 N–H and O–H groups in total. The summed E-state index contributed by atoms with van der Waals surface area (Å²) in [7, 11) is -1.94. The molecule has 0 spiro atoms. The van der Waals surface area contributed by atoms with Gasteiger partial charge in [0.25, 0.3) is 0 Å². The topological polar surface area (TPSA) is 131 Å². The summed E-state index contributed by atoms with van der Waals surface area (Å²) in [5.41, 5.74) is 2.36. The van der Waals surface area contributed by atoms with Crippen LogP contribution in [0.4, 0.5) is 0 Å². The van der Waals surface area contributed by atoms with Crippen LogP contribution in [-0.4, -0.2) is 35.8 Å². The zero-order valence-electron chi connectivity index (χ0n) is 16.2. The Bertz CT molecular complexity index is 871. The van der Waals surface area contributed by atoms with E-state index in [1.54, 1.807) is 20.0 Å². The lowest BCUT2D eigenvalue weighted by atomic mass is 9.94. The molecule has 0 atom stereocenters. The Balaban J connectivity index is 2.50. The van der Waals surface area contributed by atoms with Crippen LogP contribution in [0.3, 0.4) is 0 Å². The second-order valence-corrected chi connectivity index (χ2v) is 7.57. The first-order valence-electron chi connectivity index (χ1n) is 8.59. The standard InChI is InChI=1S/C18H24NO8P/c1-10(6-8-14(20)19-3)5-7-12-16(25-4)11(2)13-9-26-18(21)15(13)17(12)27-28(22,23)24/h5H,6-9H2,1-4H3,(H,19,20)(H2,22,23,24). The highest BCUT2D eigenvalue weighted by atomic mass is 31.2. The molecule has 154 valence electrons. The highest BCUT2D eigenvalue weighted by Crippen LogP contribution is 2.48. The summed E-state index contributed by atoms with van der Waals surface area (Å²) in [5, 5.41) is 2.54. The van der Waals surface area contributed by atoms with Crippen LogP contribution < -0.4 is 14.6 Å². The van der Waals surface area contributed by atoms with E-state index in [4.69, 9.17) is 14.0 Å². The van der Waals surface area contributed by atoms with E-state index in [9.17, 15) is 23.9 Å². The van der Waals surface area contributed by atoms with Crippen molar-refractivity contribution in [3.05, 3.63) is 33.9 Å². The predicted molar refractivity (Wildman–Crippen MR) is 100 cm³/mol. The Morgan fingerprint density at radius 1 is 1.32 bits per heavy atom. The van der Waals surface area contributed by atoms with Gasteiger partial charge in [0.05, 0.1) is 7.11 Å². The molecule has 0 unspecified atom stereocenters. The Hall–Kier alpha value is -2.35. The minimum Gasteiger partial charge on any atom is -0.496 e. The van der Waals surface area contributed by atoms with Crippen molar-refractivity contribution in [2.75, 3.05) is 14.2 Å². The number of esters is 1. The molecule has 2 rings (SSSR count). The first-order chi connectivity index (χ1) is 13.1. The average Bonchev–Trinajstić information content (AvgIpc) is 3.01. The van der Waals surface area contributed by atoms with Crippen molar-refractivity contribution in [3.8, 4) is 11.5 Å². The number of allylic oxidation sites excluding steroid dienone is 2. The molecule has 1 amide bonds. The molecule has 1 aliphatic heterocycles. The molecule has 0 aromatic heterocycles. The molecule has 1 heterocycles. The number of hydrogen-bond donors (Lipinski definition) is 3. The fourth-order valence-electron chi connectivity index (χ4n) is 3.04. The number of methoxy groups -OCH3 is 1. The largest absolute Gasteiger partial charge is 0.524 e. The third kappa shape index (κ3) is 4.92. The highest BCUT2D eigenvalue weighted by Gasteiger charge is 2.35. The van der Waals surface area contributed by atoms with Crippen LogP contribution >= 0.6 is 7.82 Å². The van der Waals surface area contributed by atoms with Crippen LogP contribution in [0.5, 0.6) is 11.5 Å². The first-order valence-corrected chi connectivity index (χ1v) is 10.1. The van der Waals surface area contributed by atoms with Gasteiger partial charge in [-0.1, -0.05) is 11.6 Å². The molecule has 0 aliphatic carbocycles. The second kappa shape index (κ2) is 8.77. The fourth-order valence-corrected chi connectivity index (χ4v) is 3.48. The Morgan fingerprint density at radius 3 is 2.57 bits per heavy atom. The maximum Gasteiger partial charge on any atom is 0.524 e. The van der Waals surface area contributed by atoms with E-state index < -0.39 is 13.8 Å². The van der Waals surface area contributed by atoms with E-state index >= 15 is 0 Å². The second-order valence-electron chi connectivity index (χ2n) is 6.41. The number of carbonyl (C=O) groups is 2. The maximum atomic E-state index is 12.2. The van der Waals surface area contributed by atoms with Gasteiger partial charge in [0.1, 0.15) is 17.9 Å². The van der Waals surface area contributed by atoms with Crippen LogP contribution in [0.1, 0.15) is 46.8 Å². The van der Waals surface area contributed by atoms with Gasteiger partial charge >= 0.3 is 13.8 Å². The summed E-state index contributed by atoms with van der Waals surface area (Å²) in [4.78, 5) is 42.2. The van der Waals surface area contributed by atoms with Crippen LogP contribution in [0.15, 0.2) is 11.6 Å². The van der Waals surface area contributed by atoms with Crippen molar-refractivity contribution in [3.63, 3.8) is 0 Å². The molecule has 0 saturated heterocycles. The van der Waals surface area contributed by atoms with Crippen molar-refractivity contribution in [2.45, 2.75) is 39.7 Å². The number of fused-ring (bicyclic) bond motifs is 1. The van der Waals surface area contributed by atoms with Crippen molar-refractivity contribution in [2.24, 2.45) is 0 Å². The molecule has 10 heteroatoms. The SMILES string of the molecule is CNC(=O)CCC(C)=CCc1c(OC)c(C)c2c(c1OP(=O)(O)O)C(=O)OC2. The number of hydrogen-bond acceptors (Lipinski definition) is 6. The molecule has 0 bridgehead atoms. The molecular formula is C18H24NO8P. The number of amides is 1. The summed E-state index contributed by atoms with van der Waals surface area (Å²) in [6, 6.07) is 0. The molecule has 1 aliphatic rings. The number of phosphoric acid groups is 1. The van der Waals surface area contributed by atoms with Gasteiger partial charge in [-0.2, -0.15) is 0 Å². The lowest BCUT2D eigenvalue weighted by Gasteiger charge is -2.19. The van der Waals surface area contributed by atoms with Crippen molar-refractivity contribution in [1.29, 1.82) is 0 Å². The summed E-state index contributed by atoms with van der Waals surface area (Å²) in [6.07, 6.45) is 2.83. The molecule has 9 nitrogen and oxygen atoms in total. The predicted octanol–water partition coefficient (Wildman–Crippen LogP) is 2.16. The highest BCUT2D eigenvalue weighted by molar-refractivity contribution is 7.46. The number of nitrogens with one attached hydrogen (secondary N) is 1. The summed E-state index contributed by atoms with van der Waals surface area (Å²) >= 11 is 0. The van der Waals surface area contributed by atoms with E-state index in [1.165, 1.54) is 7.11 Å². The maximum absolute atomic E-state index is 12.2. The normalized spacial score (nSPS) is 13.8. The van der Waals surface area contributed by atoms with Gasteiger partial charge < -0.3 is 19.3 Å². The lowest BCUT2D eigenvalue weighted by Crippen LogP contribution is -2.17. The monoisotopic (exact) mass is 413 g/mol. The molecule has 0 fully saturated rings. The Labute approximate surface area is 162 Å². The van der Waals surface area contributed by atoms with Gasteiger partial charge in [0, 0.05) is 24.6 Å². The zero-order valence-corrected chi connectivity index (χ0v) is 17.1. The average molecular weight is 413 g/mol. The van der Waals surface area contributed by atoms with Crippen molar-refractivity contribution < 1.29 is 37.9 Å². The van der Waals surface area contributed by atoms with E-state index in [1.807, 2.05) is 6.92 Å². The summed E-state index contributed by atoms with van der Waals surface area (Å²) in [5.74, 6) is -0.655. The van der Waals surface area contributed by atoms with Crippen LogP contribution in [0.25, 0.3) is 0 Å². The number of cyclic esters (lactones) is 1. The number of ether oxygens (including phenoxy) is 2. The van der Waals surface area contributed by atoms with Gasteiger partial charge in [-0.05, 0) is 32.3 Å². The van der Waals surface area contributed by atoms with E-state index in [-0.39, 0.29) is 30.2 Å². The smallest absolute Gasteiger partial charge is 0.496 e. The van der Waals surface area contributed by atoms with Crippen LogP contribution in [0.2, 0.25) is 0 Å². The fraction of sp³-hybridized carbons (Fsp3) is 0.444. The molecule has 0 saturated carbocycles. The van der Waals surface area contributed by atoms with E-state index in [2.05, 4.69) is 5.32 Å². The van der Waals surface area contributed by atoms with Crippen LogP contribution in [0, 0.1) is 6.92 Å². The number of benzene rings is 1. The quantitative estimate of drug-likeness (QED) is 0.336.